The van der Waals surface area contributed by atoms with Crippen LogP contribution in [0.4, 0.5) is 0 Å². The summed E-state index contributed by atoms with van der Waals surface area (Å²) in [5, 5.41) is 0. The molecule has 0 amide bonds. The fraction of sp³-hybridized carbons (Fsp3) is 1.00. The zero-order valence-electron chi connectivity index (χ0n) is 7.97. The van der Waals surface area contributed by atoms with Crippen LogP contribution in [0, 0.1) is 0 Å². The molecule has 0 unspecified atom stereocenters. The third-order valence-corrected chi connectivity index (χ3v) is 8.77. The molecule has 0 aliphatic carbocycles. The van der Waals surface area contributed by atoms with Crippen LogP contribution in [0.15, 0.2) is 0 Å². The maximum atomic E-state index is 11.0. The van der Waals surface area contributed by atoms with Crippen molar-refractivity contribution in [3.63, 3.8) is 0 Å². The number of hydrogen-bond donors (Lipinski definition) is 0. The SMILES string of the molecule is C[PH]1(CCS(C)(=O)=O)CCCC1. The van der Waals surface area contributed by atoms with Gasteiger partial charge in [-0.1, -0.05) is 0 Å². The molecular weight excluding hydrogens is 191 g/mol. The van der Waals surface area contributed by atoms with E-state index in [1.165, 1.54) is 31.4 Å². The molecule has 0 N–H and O–H groups in total. The third-order valence-electron chi connectivity index (χ3n) is 2.89. The Morgan fingerprint density at radius 3 is 2.17 bits per heavy atom. The van der Waals surface area contributed by atoms with Crippen molar-refractivity contribution in [2.45, 2.75) is 12.8 Å². The van der Waals surface area contributed by atoms with Crippen LogP contribution >= 0.6 is 7.26 Å². The van der Waals surface area contributed by atoms with Gasteiger partial charge in [0, 0.05) is 0 Å². The Balaban J connectivity index is 2.41. The Labute approximate surface area is 76.0 Å². The van der Waals surface area contributed by atoms with Gasteiger partial charge in [0.15, 0.2) is 0 Å². The van der Waals surface area contributed by atoms with E-state index in [4.69, 9.17) is 0 Å². The van der Waals surface area contributed by atoms with Crippen molar-refractivity contribution < 1.29 is 8.42 Å². The van der Waals surface area contributed by atoms with E-state index >= 15 is 0 Å². The van der Waals surface area contributed by atoms with Crippen LogP contribution in [0.1, 0.15) is 12.8 Å². The second-order valence-electron chi connectivity index (χ2n) is 4.40. The molecule has 0 aromatic carbocycles. The van der Waals surface area contributed by atoms with Crippen LogP contribution in [0.5, 0.6) is 0 Å². The molecule has 0 bridgehead atoms. The van der Waals surface area contributed by atoms with Crippen LogP contribution in [0.25, 0.3) is 0 Å². The molecule has 0 aromatic heterocycles. The van der Waals surface area contributed by atoms with E-state index < -0.39 is 17.1 Å². The monoisotopic (exact) mass is 210 g/mol. The first-order valence-electron chi connectivity index (χ1n) is 4.59. The van der Waals surface area contributed by atoms with Gasteiger partial charge in [0.1, 0.15) is 0 Å². The van der Waals surface area contributed by atoms with Gasteiger partial charge < -0.3 is 0 Å². The first-order valence-corrected chi connectivity index (χ1v) is 9.77. The van der Waals surface area contributed by atoms with Gasteiger partial charge in [0.05, 0.1) is 0 Å². The van der Waals surface area contributed by atoms with Gasteiger partial charge in [-0.05, 0) is 0 Å². The van der Waals surface area contributed by atoms with Crippen LogP contribution in [-0.4, -0.2) is 45.6 Å². The van der Waals surface area contributed by atoms with Crippen molar-refractivity contribution in [1.82, 2.24) is 0 Å². The number of sulfone groups is 1. The molecule has 0 saturated carbocycles. The Bertz CT molecular complexity index is 240. The van der Waals surface area contributed by atoms with Crippen molar-refractivity contribution >= 4 is 17.1 Å². The fourth-order valence-electron chi connectivity index (χ4n) is 1.91. The van der Waals surface area contributed by atoms with Crippen LogP contribution in [0.3, 0.4) is 0 Å². The molecule has 0 atom stereocenters. The molecule has 0 spiro atoms. The normalized spacial score (nSPS) is 25.5. The summed E-state index contributed by atoms with van der Waals surface area (Å²) in [6.45, 7) is 2.35. The van der Waals surface area contributed by atoms with Crippen molar-refractivity contribution in [2.75, 3.05) is 37.2 Å². The number of hydrogen-bond acceptors (Lipinski definition) is 2. The summed E-state index contributed by atoms with van der Waals surface area (Å²) in [4.78, 5) is 0. The minimum absolute atomic E-state index is 0.426. The van der Waals surface area contributed by atoms with Gasteiger partial charge in [-0.3, -0.25) is 0 Å². The van der Waals surface area contributed by atoms with Crippen LogP contribution < -0.4 is 0 Å². The summed E-state index contributed by atoms with van der Waals surface area (Å²) in [5.41, 5.74) is 0. The average Bonchev–Trinajstić information content (AvgIpc) is 2.32. The Morgan fingerprint density at radius 1 is 1.25 bits per heavy atom. The molecule has 1 rings (SSSR count). The topological polar surface area (TPSA) is 34.1 Å². The van der Waals surface area contributed by atoms with E-state index in [2.05, 4.69) is 6.66 Å². The van der Waals surface area contributed by atoms with Gasteiger partial charge >= 0.3 is 75.5 Å². The molecule has 0 radical (unpaired) electrons. The van der Waals surface area contributed by atoms with Gasteiger partial charge in [0.2, 0.25) is 0 Å². The molecule has 1 saturated heterocycles. The second-order valence-corrected chi connectivity index (χ2v) is 11.8. The van der Waals surface area contributed by atoms with Crippen molar-refractivity contribution in [3.05, 3.63) is 0 Å². The van der Waals surface area contributed by atoms with E-state index in [0.717, 1.165) is 6.16 Å². The standard InChI is InChI=1S/C8H19O2PS/c1-11(5-3-4-6-11)7-8-12(2,9)10/h11H,3-8H2,1-2H3. The number of rotatable bonds is 3. The summed E-state index contributed by atoms with van der Waals surface area (Å²) in [7, 11) is -3.79. The van der Waals surface area contributed by atoms with E-state index in [1.807, 2.05) is 0 Å². The summed E-state index contributed by atoms with van der Waals surface area (Å²) in [5.74, 6) is 0.426. The molecule has 1 heterocycles. The van der Waals surface area contributed by atoms with Crippen molar-refractivity contribution in [3.8, 4) is 0 Å². The van der Waals surface area contributed by atoms with Crippen LogP contribution in [-0.2, 0) is 9.84 Å². The molecular formula is C8H19O2PS. The molecule has 2 nitrogen and oxygen atoms in total. The van der Waals surface area contributed by atoms with Gasteiger partial charge in [-0.25, -0.2) is 0 Å². The van der Waals surface area contributed by atoms with E-state index in [1.54, 1.807) is 0 Å². The summed E-state index contributed by atoms with van der Waals surface area (Å²) in [6.07, 6.45) is 7.72. The molecule has 12 heavy (non-hydrogen) atoms. The molecule has 0 aromatic rings. The van der Waals surface area contributed by atoms with E-state index in [0.29, 0.717) is 5.75 Å². The third kappa shape index (κ3) is 3.40. The van der Waals surface area contributed by atoms with Gasteiger partial charge in [-0.15, -0.1) is 0 Å². The predicted molar refractivity (Wildman–Crippen MR) is 57.8 cm³/mol. The minimum atomic E-state index is -2.72. The summed E-state index contributed by atoms with van der Waals surface area (Å²) in [6, 6.07) is 0. The predicted octanol–water partition coefficient (Wildman–Crippen LogP) is 1.20. The van der Waals surface area contributed by atoms with Crippen LogP contribution in [0.2, 0.25) is 0 Å². The second kappa shape index (κ2) is 3.63. The molecule has 74 valence electrons. The Hall–Kier alpha value is 0.380. The van der Waals surface area contributed by atoms with E-state index in [9.17, 15) is 8.42 Å². The fourth-order valence-corrected chi connectivity index (χ4v) is 8.32. The van der Waals surface area contributed by atoms with E-state index in [-0.39, 0.29) is 0 Å². The van der Waals surface area contributed by atoms with Crippen molar-refractivity contribution in [1.29, 1.82) is 0 Å². The maximum absolute atomic E-state index is 11.0. The van der Waals surface area contributed by atoms with Gasteiger partial charge in [-0.2, -0.15) is 0 Å². The first-order chi connectivity index (χ1) is 5.41. The van der Waals surface area contributed by atoms with Crippen molar-refractivity contribution in [2.24, 2.45) is 0 Å². The molecule has 4 heteroatoms. The first kappa shape index (κ1) is 10.5. The van der Waals surface area contributed by atoms with Gasteiger partial charge in [0.25, 0.3) is 0 Å². The summed E-state index contributed by atoms with van der Waals surface area (Å²) < 4.78 is 21.9. The molecule has 1 aliphatic rings. The summed E-state index contributed by atoms with van der Waals surface area (Å²) >= 11 is 0. The molecule has 1 aliphatic heterocycles. The average molecular weight is 210 g/mol. The zero-order chi connectivity index (χ0) is 9.24. The quantitative estimate of drug-likeness (QED) is 0.656. The molecule has 1 fully saturated rings. The zero-order valence-corrected chi connectivity index (χ0v) is 9.78. The Kier molecular flexibility index (Phi) is 3.16. The Morgan fingerprint density at radius 2 is 1.75 bits per heavy atom.